The van der Waals surface area contributed by atoms with Crippen LogP contribution in [0.5, 0.6) is 11.5 Å². The molecule has 5 nitrogen and oxygen atoms in total. The molecule has 5 heteroatoms. The van der Waals surface area contributed by atoms with Gasteiger partial charge in [0, 0.05) is 6.04 Å². The van der Waals surface area contributed by atoms with Gasteiger partial charge >= 0.3 is 0 Å². The molecule has 1 heterocycles. The van der Waals surface area contributed by atoms with E-state index in [4.69, 9.17) is 10.5 Å². The third kappa shape index (κ3) is 2.56. The van der Waals surface area contributed by atoms with Crippen molar-refractivity contribution in [2.75, 3.05) is 5.73 Å². The molecule has 1 aromatic heterocycles. The average Bonchev–Trinajstić information content (AvgIpc) is 2.70. The van der Waals surface area contributed by atoms with E-state index >= 15 is 0 Å². The molecule has 1 aromatic carbocycles. The Kier molecular flexibility index (Phi) is 3.41. The summed E-state index contributed by atoms with van der Waals surface area (Å²) in [7, 11) is 0. The van der Waals surface area contributed by atoms with Gasteiger partial charge in [-0.05, 0) is 38.1 Å². The summed E-state index contributed by atoms with van der Waals surface area (Å²) in [5, 5.41) is 9.17. The fraction of sp³-hybridized carbons (Fsp3) is 0.308. The number of phenolic OH excluding ortho intramolecular Hbond substituents is 1. The molecule has 2 rings (SSSR count). The monoisotopic (exact) mass is 247 g/mol. The van der Waals surface area contributed by atoms with Crippen molar-refractivity contribution in [1.82, 2.24) is 9.55 Å². The lowest BCUT2D eigenvalue weighted by atomic mass is 10.3. The standard InChI is InChI=1S/C13H17N3O2/c1-9(2)16-12(14)7-15-13(16)8-18-11-5-3-10(17)4-6-11/h3-7,9,17H,8,14H2,1-2H3. The Labute approximate surface area is 106 Å². The number of imidazole rings is 1. The van der Waals surface area contributed by atoms with Crippen molar-refractivity contribution in [3.05, 3.63) is 36.3 Å². The lowest BCUT2D eigenvalue weighted by Gasteiger charge is -2.14. The summed E-state index contributed by atoms with van der Waals surface area (Å²) < 4.78 is 7.53. The fourth-order valence-electron chi connectivity index (χ4n) is 1.81. The van der Waals surface area contributed by atoms with E-state index in [2.05, 4.69) is 4.98 Å². The lowest BCUT2D eigenvalue weighted by Crippen LogP contribution is -2.11. The van der Waals surface area contributed by atoms with E-state index in [0.29, 0.717) is 18.2 Å². The zero-order chi connectivity index (χ0) is 13.1. The van der Waals surface area contributed by atoms with Gasteiger partial charge < -0.3 is 20.1 Å². The van der Waals surface area contributed by atoms with E-state index in [0.717, 1.165) is 5.82 Å². The first-order chi connectivity index (χ1) is 8.58. The number of hydrogen-bond acceptors (Lipinski definition) is 4. The second kappa shape index (κ2) is 5.00. The molecule has 0 saturated carbocycles. The van der Waals surface area contributed by atoms with Crippen LogP contribution in [0.25, 0.3) is 0 Å². The minimum atomic E-state index is 0.218. The highest BCUT2D eigenvalue weighted by molar-refractivity contribution is 5.31. The largest absolute Gasteiger partial charge is 0.508 e. The molecule has 0 aliphatic rings. The molecule has 0 atom stereocenters. The van der Waals surface area contributed by atoms with Gasteiger partial charge in [0.05, 0.1) is 6.20 Å². The van der Waals surface area contributed by atoms with E-state index in [1.54, 1.807) is 30.5 Å². The molecule has 0 bridgehead atoms. The van der Waals surface area contributed by atoms with Crippen LogP contribution in [0.3, 0.4) is 0 Å². The maximum Gasteiger partial charge on any atom is 0.148 e. The smallest absolute Gasteiger partial charge is 0.148 e. The van der Waals surface area contributed by atoms with Gasteiger partial charge in [-0.25, -0.2) is 4.98 Å². The van der Waals surface area contributed by atoms with E-state index in [1.807, 2.05) is 18.4 Å². The normalized spacial score (nSPS) is 10.8. The highest BCUT2D eigenvalue weighted by atomic mass is 16.5. The Hall–Kier alpha value is -2.17. The number of nitrogen functional groups attached to an aromatic ring is 1. The molecule has 0 unspecified atom stereocenters. The van der Waals surface area contributed by atoms with Gasteiger partial charge in [0.1, 0.15) is 29.7 Å². The van der Waals surface area contributed by atoms with Crippen LogP contribution in [0.2, 0.25) is 0 Å². The van der Waals surface area contributed by atoms with Gasteiger partial charge in [0.25, 0.3) is 0 Å². The van der Waals surface area contributed by atoms with Crippen molar-refractivity contribution in [3.8, 4) is 11.5 Å². The topological polar surface area (TPSA) is 73.3 Å². The summed E-state index contributed by atoms with van der Waals surface area (Å²) in [6.45, 7) is 4.43. The van der Waals surface area contributed by atoms with Gasteiger partial charge in [-0.1, -0.05) is 0 Å². The minimum Gasteiger partial charge on any atom is -0.508 e. The number of benzene rings is 1. The Morgan fingerprint density at radius 2 is 2.00 bits per heavy atom. The van der Waals surface area contributed by atoms with Crippen molar-refractivity contribution < 1.29 is 9.84 Å². The quantitative estimate of drug-likeness (QED) is 0.869. The highest BCUT2D eigenvalue weighted by Gasteiger charge is 2.10. The Morgan fingerprint density at radius 3 is 2.61 bits per heavy atom. The molecule has 96 valence electrons. The number of anilines is 1. The molecule has 2 aromatic rings. The molecule has 0 radical (unpaired) electrons. The molecule has 0 aliphatic heterocycles. The van der Waals surface area contributed by atoms with E-state index in [9.17, 15) is 5.11 Å². The third-order valence-electron chi connectivity index (χ3n) is 2.62. The second-order valence-corrected chi connectivity index (χ2v) is 4.35. The van der Waals surface area contributed by atoms with Crippen molar-refractivity contribution in [1.29, 1.82) is 0 Å². The molecule has 3 N–H and O–H groups in total. The first-order valence-electron chi connectivity index (χ1n) is 5.81. The van der Waals surface area contributed by atoms with Gasteiger partial charge in [-0.15, -0.1) is 0 Å². The zero-order valence-corrected chi connectivity index (χ0v) is 10.5. The van der Waals surface area contributed by atoms with E-state index in [1.165, 1.54) is 0 Å². The summed E-state index contributed by atoms with van der Waals surface area (Å²) in [6, 6.07) is 6.82. The van der Waals surface area contributed by atoms with Crippen molar-refractivity contribution >= 4 is 5.82 Å². The molecule has 0 amide bonds. The maximum absolute atomic E-state index is 9.17. The Morgan fingerprint density at radius 1 is 1.33 bits per heavy atom. The predicted octanol–water partition coefficient (Wildman–Crippen LogP) is 2.33. The number of nitrogens with two attached hydrogens (primary N) is 1. The van der Waals surface area contributed by atoms with Crippen LogP contribution in [0, 0.1) is 0 Å². The lowest BCUT2D eigenvalue weighted by molar-refractivity contribution is 0.286. The highest BCUT2D eigenvalue weighted by Crippen LogP contribution is 2.19. The van der Waals surface area contributed by atoms with E-state index in [-0.39, 0.29) is 11.8 Å². The van der Waals surface area contributed by atoms with Crippen LogP contribution in [0.1, 0.15) is 25.7 Å². The number of phenols is 1. The van der Waals surface area contributed by atoms with Gasteiger partial charge in [-0.2, -0.15) is 0 Å². The van der Waals surface area contributed by atoms with Crippen molar-refractivity contribution in [3.63, 3.8) is 0 Å². The third-order valence-corrected chi connectivity index (χ3v) is 2.62. The molecule has 0 aliphatic carbocycles. The first kappa shape index (κ1) is 12.3. The maximum atomic E-state index is 9.17. The summed E-state index contributed by atoms with van der Waals surface area (Å²) in [5.41, 5.74) is 5.84. The van der Waals surface area contributed by atoms with Crippen molar-refractivity contribution in [2.24, 2.45) is 0 Å². The number of rotatable bonds is 4. The molecule has 0 spiro atoms. The van der Waals surface area contributed by atoms with Crippen molar-refractivity contribution in [2.45, 2.75) is 26.5 Å². The Balaban J connectivity index is 2.08. The summed E-state index contributed by atoms with van der Waals surface area (Å²) in [4.78, 5) is 4.23. The average molecular weight is 247 g/mol. The number of ether oxygens (including phenoxy) is 1. The molecular formula is C13H17N3O2. The Bertz CT molecular complexity index is 518. The van der Waals surface area contributed by atoms with Gasteiger partial charge in [0.2, 0.25) is 0 Å². The molecule has 18 heavy (non-hydrogen) atoms. The van der Waals surface area contributed by atoms with Gasteiger partial charge in [-0.3, -0.25) is 0 Å². The SMILES string of the molecule is CC(C)n1c(N)cnc1COc1ccc(O)cc1. The number of hydrogen-bond donors (Lipinski definition) is 2. The molecule has 0 saturated heterocycles. The number of aromatic nitrogens is 2. The first-order valence-corrected chi connectivity index (χ1v) is 5.81. The van der Waals surface area contributed by atoms with Crippen LogP contribution in [0.4, 0.5) is 5.82 Å². The summed E-state index contributed by atoms with van der Waals surface area (Å²) >= 11 is 0. The zero-order valence-electron chi connectivity index (χ0n) is 10.5. The predicted molar refractivity (Wildman–Crippen MR) is 69.5 cm³/mol. The van der Waals surface area contributed by atoms with Gasteiger partial charge in [0.15, 0.2) is 0 Å². The number of nitrogens with zero attached hydrogens (tertiary/aromatic N) is 2. The summed E-state index contributed by atoms with van der Waals surface area (Å²) in [5.74, 6) is 2.32. The van der Waals surface area contributed by atoms with Crippen LogP contribution in [-0.4, -0.2) is 14.7 Å². The van der Waals surface area contributed by atoms with E-state index < -0.39 is 0 Å². The molecule has 0 fully saturated rings. The van der Waals surface area contributed by atoms with Crippen LogP contribution in [-0.2, 0) is 6.61 Å². The number of aromatic hydroxyl groups is 1. The minimum absolute atomic E-state index is 0.218. The van der Waals surface area contributed by atoms with Crippen LogP contribution in [0.15, 0.2) is 30.5 Å². The van der Waals surface area contributed by atoms with Crippen LogP contribution >= 0.6 is 0 Å². The molecular weight excluding hydrogens is 230 g/mol. The second-order valence-electron chi connectivity index (χ2n) is 4.35. The summed E-state index contributed by atoms with van der Waals surface area (Å²) in [6.07, 6.45) is 1.63. The van der Waals surface area contributed by atoms with Crippen LogP contribution < -0.4 is 10.5 Å². The fourth-order valence-corrected chi connectivity index (χ4v) is 1.81.